The van der Waals surface area contributed by atoms with Crippen molar-refractivity contribution in [2.75, 3.05) is 38.1 Å². The second kappa shape index (κ2) is 16.1. The molecular formula is C46H34N4O7. The molecule has 6 aromatic rings. The number of fused-ring (bicyclic) bond motifs is 2. The standard InChI is InChI=1S/C46H34N4O7/c1-48-42(28-47)33-24-40(16-8-31-22-29-6-10-36(49(2)3)26-43(29)56-45(31)51)55-41(25-33)17-9-32-23-30-7-11-37(27-44(30)57-46(32)52)50(34-12-18-38(53-4)19-13-34)35-14-20-39(54-5)21-15-35/h6-27H,2-5H3/b16-8+,17-9+,42-33+. The molecule has 3 heterocycles. The van der Waals surface area contributed by atoms with Gasteiger partial charge in [-0.25, -0.2) is 19.7 Å². The summed E-state index contributed by atoms with van der Waals surface area (Å²) in [6, 6.07) is 31.8. The number of benzene rings is 4. The molecule has 0 spiro atoms. The highest BCUT2D eigenvalue weighted by Gasteiger charge is 2.16. The van der Waals surface area contributed by atoms with Gasteiger partial charge in [0.25, 0.3) is 5.70 Å². The molecule has 0 bridgehead atoms. The molecular weight excluding hydrogens is 721 g/mol. The molecule has 0 amide bonds. The summed E-state index contributed by atoms with van der Waals surface area (Å²) in [6.45, 7) is 7.51. The Balaban J connectivity index is 1.18. The Labute approximate surface area is 327 Å². The maximum Gasteiger partial charge on any atom is 0.343 e. The first-order chi connectivity index (χ1) is 27.7. The van der Waals surface area contributed by atoms with Crippen molar-refractivity contribution in [2.45, 2.75) is 0 Å². The van der Waals surface area contributed by atoms with Gasteiger partial charge in [-0.2, -0.15) is 0 Å². The van der Waals surface area contributed by atoms with Crippen LogP contribution in [0.5, 0.6) is 11.5 Å². The fourth-order valence-corrected chi connectivity index (χ4v) is 6.13. The molecule has 1 aliphatic rings. The lowest BCUT2D eigenvalue weighted by atomic mass is 10.1. The first-order valence-electron chi connectivity index (χ1n) is 17.6. The van der Waals surface area contributed by atoms with Crippen molar-refractivity contribution in [3.8, 4) is 17.6 Å². The predicted octanol–water partition coefficient (Wildman–Crippen LogP) is 9.67. The number of allylic oxidation sites excluding steroid dienone is 6. The minimum Gasteiger partial charge on any atom is -0.497 e. The number of nitriles is 1. The van der Waals surface area contributed by atoms with Gasteiger partial charge in [-0.15, -0.1) is 0 Å². The number of anilines is 4. The first kappa shape index (κ1) is 37.3. The highest BCUT2D eigenvalue weighted by Crippen LogP contribution is 2.37. The topological polar surface area (TPSA) is 123 Å². The van der Waals surface area contributed by atoms with Gasteiger partial charge < -0.3 is 32.8 Å². The average Bonchev–Trinajstić information content (AvgIpc) is 3.23. The van der Waals surface area contributed by atoms with E-state index >= 15 is 0 Å². The Kier molecular flexibility index (Phi) is 10.6. The van der Waals surface area contributed by atoms with Gasteiger partial charge in [0.15, 0.2) is 0 Å². The molecule has 2 aromatic heterocycles. The Morgan fingerprint density at radius 3 is 1.56 bits per heavy atom. The SMILES string of the molecule is [C-]#[N+]/C(C#N)=C1C=C(/C=C/c2cc3ccc(N(C)C)cc3oc2=O)OC(/C=C/c2cc3ccc(N(c4ccc(OC)cc4)c4ccc(OC)cc4)cc3oc2=O)=C\1. The zero-order chi connectivity index (χ0) is 40.1. The van der Waals surface area contributed by atoms with E-state index in [4.69, 9.17) is 29.6 Å². The number of ether oxygens (including phenoxy) is 3. The van der Waals surface area contributed by atoms with Crippen LogP contribution in [0.1, 0.15) is 11.1 Å². The second-order valence-corrected chi connectivity index (χ2v) is 12.9. The third-order valence-corrected chi connectivity index (χ3v) is 9.11. The van der Waals surface area contributed by atoms with Crippen LogP contribution < -0.4 is 30.5 Å². The van der Waals surface area contributed by atoms with Crippen LogP contribution in [0.2, 0.25) is 0 Å². The van der Waals surface area contributed by atoms with Gasteiger partial charge in [-0.05, 0) is 127 Å². The normalized spacial score (nSPS) is 13.4. The summed E-state index contributed by atoms with van der Waals surface area (Å²) in [6.07, 6.45) is 9.24. The largest absolute Gasteiger partial charge is 0.497 e. The third-order valence-electron chi connectivity index (χ3n) is 9.11. The van der Waals surface area contributed by atoms with Gasteiger partial charge >= 0.3 is 11.3 Å². The van der Waals surface area contributed by atoms with Crippen molar-refractivity contribution in [1.82, 2.24) is 0 Å². The van der Waals surface area contributed by atoms with Crippen molar-refractivity contribution in [2.24, 2.45) is 0 Å². The van der Waals surface area contributed by atoms with E-state index in [0.29, 0.717) is 22.1 Å². The van der Waals surface area contributed by atoms with Crippen LogP contribution in [0, 0.1) is 17.9 Å². The van der Waals surface area contributed by atoms with Gasteiger partial charge in [0.1, 0.15) is 34.2 Å². The van der Waals surface area contributed by atoms with E-state index in [9.17, 15) is 14.9 Å². The van der Waals surface area contributed by atoms with Crippen molar-refractivity contribution >= 4 is 56.8 Å². The second-order valence-electron chi connectivity index (χ2n) is 12.9. The summed E-state index contributed by atoms with van der Waals surface area (Å²) in [5.41, 5.74) is 3.74. The van der Waals surface area contributed by atoms with Crippen molar-refractivity contribution in [3.05, 3.63) is 188 Å². The summed E-state index contributed by atoms with van der Waals surface area (Å²) < 4.78 is 28.2. The Morgan fingerprint density at radius 2 is 1.12 bits per heavy atom. The fourth-order valence-electron chi connectivity index (χ4n) is 6.13. The lowest BCUT2D eigenvalue weighted by Crippen LogP contribution is -2.10. The number of methoxy groups -OCH3 is 2. The summed E-state index contributed by atoms with van der Waals surface area (Å²) in [4.78, 5) is 33.5. The van der Waals surface area contributed by atoms with Gasteiger partial charge in [0, 0.05) is 59.8 Å². The van der Waals surface area contributed by atoms with E-state index < -0.39 is 11.3 Å². The number of hydrogen-bond donors (Lipinski definition) is 0. The summed E-state index contributed by atoms with van der Waals surface area (Å²) in [5, 5.41) is 11.1. The molecule has 11 heteroatoms. The molecule has 0 unspecified atom stereocenters. The third kappa shape index (κ3) is 8.09. The molecule has 7 rings (SSSR count). The highest BCUT2D eigenvalue weighted by molar-refractivity contribution is 5.87. The van der Waals surface area contributed by atoms with Crippen LogP contribution >= 0.6 is 0 Å². The van der Waals surface area contributed by atoms with Crippen LogP contribution in [0.3, 0.4) is 0 Å². The van der Waals surface area contributed by atoms with Crippen molar-refractivity contribution in [1.29, 1.82) is 5.26 Å². The van der Waals surface area contributed by atoms with E-state index in [-0.39, 0.29) is 28.3 Å². The molecule has 0 radical (unpaired) electrons. The number of nitrogens with zero attached hydrogens (tertiary/aromatic N) is 4. The van der Waals surface area contributed by atoms with Crippen LogP contribution in [0.15, 0.2) is 163 Å². The molecule has 57 heavy (non-hydrogen) atoms. The zero-order valence-electron chi connectivity index (χ0n) is 31.3. The van der Waals surface area contributed by atoms with Gasteiger partial charge in [-0.1, -0.05) is 0 Å². The van der Waals surface area contributed by atoms with Crippen LogP contribution in [-0.2, 0) is 4.74 Å². The fraction of sp³-hybridized carbons (Fsp3) is 0.0870. The quantitative estimate of drug-likeness (QED) is 0.0759. The Hall–Kier alpha value is -8.02. The molecule has 0 N–H and O–H groups in total. The lowest BCUT2D eigenvalue weighted by molar-refractivity contribution is 0.332. The Morgan fingerprint density at radius 1 is 0.667 bits per heavy atom. The highest BCUT2D eigenvalue weighted by atomic mass is 16.5. The van der Waals surface area contributed by atoms with E-state index in [1.807, 2.05) is 103 Å². The summed E-state index contributed by atoms with van der Waals surface area (Å²) in [5.74, 6) is 1.93. The zero-order valence-corrected chi connectivity index (χ0v) is 31.3. The molecule has 0 aliphatic carbocycles. The van der Waals surface area contributed by atoms with Crippen molar-refractivity contribution in [3.63, 3.8) is 0 Å². The number of rotatable bonds is 10. The molecule has 0 fully saturated rings. The first-order valence-corrected chi connectivity index (χ1v) is 17.6. The molecule has 0 saturated carbocycles. The summed E-state index contributed by atoms with van der Waals surface area (Å²) in [7, 11) is 7.02. The minimum absolute atomic E-state index is 0.156. The maximum absolute atomic E-state index is 13.4. The Bertz CT molecular complexity index is 2820. The van der Waals surface area contributed by atoms with Gasteiger partial charge in [-0.3, -0.25) is 0 Å². The molecule has 280 valence electrons. The van der Waals surface area contributed by atoms with E-state index in [0.717, 1.165) is 39.6 Å². The lowest BCUT2D eigenvalue weighted by Gasteiger charge is -2.26. The monoisotopic (exact) mass is 754 g/mol. The smallest absolute Gasteiger partial charge is 0.343 e. The maximum atomic E-state index is 13.4. The van der Waals surface area contributed by atoms with Crippen LogP contribution in [-0.4, -0.2) is 28.3 Å². The number of hydrogen-bond acceptors (Lipinski definition) is 10. The van der Waals surface area contributed by atoms with Gasteiger partial charge in [0.2, 0.25) is 0 Å². The van der Waals surface area contributed by atoms with Crippen LogP contribution in [0.4, 0.5) is 22.7 Å². The average molecular weight is 755 g/mol. The molecule has 0 saturated heterocycles. The van der Waals surface area contributed by atoms with E-state index in [2.05, 4.69) is 4.85 Å². The van der Waals surface area contributed by atoms with Crippen molar-refractivity contribution < 1.29 is 23.0 Å². The minimum atomic E-state index is -0.584. The molecule has 1 aliphatic heterocycles. The summed E-state index contributed by atoms with van der Waals surface area (Å²) >= 11 is 0. The van der Waals surface area contributed by atoms with Crippen LogP contribution in [0.25, 0.3) is 38.9 Å². The predicted molar refractivity (Wildman–Crippen MR) is 222 cm³/mol. The van der Waals surface area contributed by atoms with E-state index in [1.165, 1.54) is 12.2 Å². The molecule has 0 atom stereocenters. The molecule has 4 aromatic carbocycles. The molecule has 11 nitrogen and oxygen atoms in total. The van der Waals surface area contributed by atoms with E-state index in [1.54, 1.807) is 62.8 Å². The van der Waals surface area contributed by atoms with Gasteiger partial charge in [0.05, 0.1) is 38.0 Å².